The molecule has 18 heavy (non-hydrogen) atoms. The molecule has 0 radical (unpaired) electrons. The van der Waals surface area contributed by atoms with Gasteiger partial charge in [-0.2, -0.15) is 18.3 Å². The SMILES string of the molecule is Cn1nc(-c2ccc(Cl)c(C(F)(F)F)c2)[nH]c1=O. The number of hydrogen-bond donors (Lipinski definition) is 1. The van der Waals surface area contributed by atoms with Crippen LogP contribution in [-0.2, 0) is 13.2 Å². The van der Waals surface area contributed by atoms with E-state index in [1.54, 1.807) is 0 Å². The zero-order valence-electron chi connectivity index (χ0n) is 9.05. The van der Waals surface area contributed by atoms with Gasteiger partial charge in [0.15, 0.2) is 5.82 Å². The molecule has 0 aliphatic carbocycles. The van der Waals surface area contributed by atoms with Crippen LogP contribution in [0.4, 0.5) is 13.2 Å². The predicted octanol–water partition coefficient (Wildman–Crippen LogP) is 2.45. The second-order valence-corrected chi connectivity index (χ2v) is 4.00. The Morgan fingerprint density at radius 3 is 2.56 bits per heavy atom. The molecule has 0 saturated carbocycles. The van der Waals surface area contributed by atoms with E-state index in [0.717, 1.165) is 16.8 Å². The number of rotatable bonds is 1. The van der Waals surface area contributed by atoms with Crippen molar-refractivity contribution in [1.29, 1.82) is 0 Å². The molecule has 2 rings (SSSR count). The summed E-state index contributed by atoms with van der Waals surface area (Å²) in [6.45, 7) is 0. The zero-order valence-corrected chi connectivity index (χ0v) is 9.80. The monoisotopic (exact) mass is 277 g/mol. The summed E-state index contributed by atoms with van der Waals surface area (Å²) in [7, 11) is 1.39. The number of aryl methyl sites for hydroxylation is 1. The maximum absolute atomic E-state index is 12.6. The van der Waals surface area contributed by atoms with Gasteiger partial charge in [-0.15, -0.1) is 0 Å². The molecule has 0 aliphatic rings. The van der Waals surface area contributed by atoms with E-state index < -0.39 is 22.5 Å². The van der Waals surface area contributed by atoms with Gasteiger partial charge in [0.05, 0.1) is 10.6 Å². The lowest BCUT2D eigenvalue weighted by Gasteiger charge is -2.09. The number of nitrogens with one attached hydrogen (secondary N) is 1. The van der Waals surface area contributed by atoms with Crippen LogP contribution in [0.15, 0.2) is 23.0 Å². The van der Waals surface area contributed by atoms with E-state index in [4.69, 9.17) is 11.6 Å². The first-order valence-electron chi connectivity index (χ1n) is 4.79. The van der Waals surface area contributed by atoms with E-state index in [0.29, 0.717) is 0 Å². The molecule has 96 valence electrons. The number of nitrogens with zero attached hydrogens (tertiary/aromatic N) is 2. The van der Waals surface area contributed by atoms with Crippen molar-refractivity contribution < 1.29 is 13.2 Å². The number of aromatic amines is 1. The minimum Gasteiger partial charge on any atom is -0.289 e. The quantitative estimate of drug-likeness (QED) is 0.870. The van der Waals surface area contributed by atoms with E-state index in [9.17, 15) is 18.0 Å². The fraction of sp³-hybridized carbons (Fsp3) is 0.200. The van der Waals surface area contributed by atoms with Crippen LogP contribution in [0.1, 0.15) is 5.56 Å². The maximum Gasteiger partial charge on any atom is 0.417 e. The highest BCUT2D eigenvalue weighted by atomic mass is 35.5. The zero-order chi connectivity index (χ0) is 13.5. The van der Waals surface area contributed by atoms with Gasteiger partial charge < -0.3 is 0 Å². The Bertz CT molecular complexity index is 645. The molecule has 0 amide bonds. The molecule has 0 saturated heterocycles. The van der Waals surface area contributed by atoms with Gasteiger partial charge in [0.2, 0.25) is 0 Å². The van der Waals surface area contributed by atoms with Gasteiger partial charge in [-0.3, -0.25) is 4.98 Å². The predicted molar refractivity (Wildman–Crippen MR) is 59.3 cm³/mol. The summed E-state index contributed by atoms with van der Waals surface area (Å²) in [6.07, 6.45) is -4.55. The van der Waals surface area contributed by atoms with E-state index in [2.05, 4.69) is 10.1 Å². The molecule has 0 bridgehead atoms. The highest BCUT2D eigenvalue weighted by Gasteiger charge is 2.33. The first kappa shape index (κ1) is 12.7. The van der Waals surface area contributed by atoms with Crippen LogP contribution < -0.4 is 5.69 Å². The van der Waals surface area contributed by atoms with Crippen LogP contribution >= 0.6 is 11.6 Å². The van der Waals surface area contributed by atoms with Crippen molar-refractivity contribution in [2.24, 2.45) is 7.05 Å². The molecule has 8 heteroatoms. The molecule has 0 unspecified atom stereocenters. The number of alkyl halides is 3. The maximum atomic E-state index is 12.6. The van der Waals surface area contributed by atoms with Crippen LogP contribution in [0.2, 0.25) is 5.02 Å². The molecular formula is C10H7ClF3N3O. The van der Waals surface area contributed by atoms with Crippen molar-refractivity contribution in [2.75, 3.05) is 0 Å². The lowest BCUT2D eigenvalue weighted by molar-refractivity contribution is -0.137. The van der Waals surface area contributed by atoms with Crippen LogP contribution in [0.25, 0.3) is 11.4 Å². The second-order valence-electron chi connectivity index (χ2n) is 3.59. The second kappa shape index (κ2) is 4.16. The third kappa shape index (κ3) is 2.26. The third-order valence-corrected chi connectivity index (χ3v) is 2.64. The normalized spacial score (nSPS) is 11.8. The first-order valence-corrected chi connectivity index (χ1v) is 5.17. The Morgan fingerprint density at radius 1 is 1.39 bits per heavy atom. The van der Waals surface area contributed by atoms with Gasteiger partial charge in [-0.25, -0.2) is 9.48 Å². The van der Waals surface area contributed by atoms with E-state index in [1.807, 2.05) is 0 Å². The Labute approximate surface area is 104 Å². The molecule has 0 spiro atoms. The highest BCUT2D eigenvalue weighted by molar-refractivity contribution is 6.31. The van der Waals surface area contributed by atoms with Gasteiger partial charge in [0.25, 0.3) is 0 Å². The van der Waals surface area contributed by atoms with Gasteiger partial charge in [0, 0.05) is 12.6 Å². The summed E-state index contributed by atoms with van der Waals surface area (Å²) >= 11 is 5.49. The molecule has 4 nitrogen and oxygen atoms in total. The van der Waals surface area contributed by atoms with Crippen molar-refractivity contribution in [3.8, 4) is 11.4 Å². The molecular weight excluding hydrogens is 271 g/mol. The minimum absolute atomic E-state index is 0.0599. The van der Waals surface area contributed by atoms with E-state index >= 15 is 0 Å². The number of benzene rings is 1. The van der Waals surface area contributed by atoms with Crippen molar-refractivity contribution in [3.05, 3.63) is 39.3 Å². The lowest BCUT2D eigenvalue weighted by Crippen LogP contribution is -2.13. The fourth-order valence-electron chi connectivity index (χ4n) is 1.42. The standard InChI is InChI=1S/C10H7ClF3N3O/c1-17-9(18)15-8(16-17)5-2-3-7(11)6(4-5)10(12,13)14/h2-4H,1H3,(H,15,16,18). The van der Waals surface area contributed by atoms with Gasteiger partial charge in [-0.05, 0) is 18.2 Å². The van der Waals surface area contributed by atoms with Gasteiger partial charge >= 0.3 is 11.9 Å². The Kier molecular flexibility index (Phi) is 2.94. The van der Waals surface area contributed by atoms with Crippen LogP contribution in [0, 0.1) is 0 Å². The molecule has 2 aromatic rings. The van der Waals surface area contributed by atoms with Gasteiger partial charge in [0.1, 0.15) is 0 Å². The average molecular weight is 278 g/mol. The van der Waals surface area contributed by atoms with Gasteiger partial charge in [-0.1, -0.05) is 11.6 Å². The number of halogens is 4. The summed E-state index contributed by atoms with van der Waals surface area (Å²) < 4.78 is 38.9. The van der Waals surface area contributed by atoms with Crippen LogP contribution in [-0.4, -0.2) is 14.8 Å². The topological polar surface area (TPSA) is 50.7 Å². The molecule has 0 atom stereocenters. The summed E-state index contributed by atoms with van der Waals surface area (Å²) in [5.74, 6) is 0.0599. The minimum atomic E-state index is -4.55. The fourth-order valence-corrected chi connectivity index (χ4v) is 1.65. The molecule has 1 heterocycles. The number of hydrogen-bond acceptors (Lipinski definition) is 2. The lowest BCUT2D eigenvalue weighted by atomic mass is 10.1. The smallest absolute Gasteiger partial charge is 0.289 e. The van der Waals surface area contributed by atoms with Crippen molar-refractivity contribution in [1.82, 2.24) is 14.8 Å². The Hall–Kier alpha value is -1.76. The van der Waals surface area contributed by atoms with Crippen molar-refractivity contribution >= 4 is 11.6 Å². The summed E-state index contributed by atoms with van der Waals surface area (Å²) in [5, 5.41) is 3.37. The summed E-state index contributed by atoms with van der Waals surface area (Å²) in [4.78, 5) is 13.5. The number of aromatic nitrogens is 3. The molecule has 1 N–H and O–H groups in total. The largest absolute Gasteiger partial charge is 0.417 e. The van der Waals surface area contributed by atoms with Crippen LogP contribution in [0.3, 0.4) is 0 Å². The Balaban J connectivity index is 2.57. The van der Waals surface area contributed by atoms with E-state index in [1.165, 1.54) is 13.1 Å². The summed E-state index contributed by atoms with van der Waals surface area (Å²) in [5.41, 5.74) is -1.33. The average Bonchev–Trinajstić information content (AvgIpc) is 2.58. The summed E-state index contributed by atoms with van der Waals surface area (Å²) in [6, 6.07) is 3.32. The Morgan fingerprint density at radius 2 is 2.06 bits per heavy atom. The van der Waals surface area contributed by atoms with Crippen molar-refractivity contribution in [2.45, 2.75) is 6.18 Å². The van der Waals surface area contributed by atoms with E-state index in [-0.39, 0.29) is 11.4 Å². The van der Waals surface area contributed by atoms with Crippen molar-refractivity contribution in [3.63, 3.8) is 0 Å². The van der Waals surface area contributed by atoms with Crippen LogP contribution in [0.5, 0.6) is 0 Å². The molecule has 0 aliphatic heterocycles. The molecule has 1 aromatic heterocycles. The number of H-pyrrole nitrogens is 1. The molecule has 0 fully saturated rings. The first-order chi connectivity index (χ1) is 8.29. The highest BCUT2D eigenvalue weighted by Crippen LogP contribution is 2.36. The molecule has 1 aromatic carbocycles. The third-order valence-electron chi connectivity index (χ3n) is 2.31.